The smallest absolute Gasteiger partial charge is 0.215 e. The van der Waals surface area contributed by atoms with Crippen molar-refractivity contribution in [1.82, 2.24) is 4.98 Å². The molecule has 5 heteroatoms. The standard InChI is InChI=1S/C20H18ClNO3/c1-15(24-20-9-5-8-19(21)22-20)14-23-16-10-12-18(13-11-16)25-17-6-3-2-4-7-17/h2-13,15H,14H2,1H3. The molecular formula is C20H18ClNO3. The van der Waals surface area contributed by atoms with Gasteiger partial charge < -0.3 is 14.2 Å². The van der Waals surface area contributed by atoms with E-state index in [-0.39, 0.29) is 6.10 Å². The number of hydrogen-bond acceptors (Lipinski definition) is 4. The summed E-state index contributed by atoms with van der Waals surface area (Å²) in [5.74, 6) is 2.78. The number of para-hydroxylation sites is 1. The molecule has 128 valence electrons. The largest absolute Gasteiger partial charge is 0.490 e. The van der Waals surface area contributed by atoms with Gasteiger partial charge >= 0.3 is 0 Å². The van der Waals surface area contributed by atoms with Gasteiger partial charge in [-0.1, -0.05) is 35.9 Å². The van der Waals surface area contributed by atoms with Crippen molar-refractivity contribution >= 4 is 11.6 Å². The van der Waals surface area contributed by atoms with E-state index in [0.717, 1.165) is 17.2 Å². The SMILES string of the molecule is CC(COc1ccc(Oc2ccccc2)cc1)Oc1cccc(Cl)n1. The first-order chi connectivity index (χ1) is 12.2. The predicted molar refractivity (Wildman–Crippen MR) is 97.8 cm³/mol. The lowest BCUT2D eigenvalue weighted by molar-refractivity contribution is 0.138. The van der Waals surface area contributed by atoms with Gasteiger partial charge in [-0.3, -0.25) is 0 Å². The number of ether oxygens (including phenoxy) is 3. The van der Waals surface area contributed by atoms with Crippen LogP contribution in [0, 0.1) is 0 Å². The van der Waals surface area contributed by atoms with Crippen molar-refractivity contribution in [3.05, 3.63) is 77.9 Å². The number of halogens is 1. The van der Waals surface area contributed by atoms with Crippen LogP contribution in [0.5, 0.6) is 23.1 Å². The fourth-order valence-electron chi connectivity index (χ4n) is 2.14. The van der Waals surface area contributed by atoms with E-state index in [1.54, 1.807) is 18.2 Å². The highest BCUT2D eigenvalue weighted by molar-refractivity contribution is 6.29. The second kappa shape index (κ2) is 8.40. The topological polar surface area (TPSA) is 40.6 Å². The zero-order chi connectivity index (χ0) is 17.5. The molecule has 1 heterocycles. The molecule has 0 aliphatic carbocycles. The Labute approximate surface area is 152 Å². The first-order valence-corrected chi connectivity index (χ1v) is 8.32. The molecule has 1 aromatic heterocycles. The summed E-state index contributed by atoms with van der Waals surface area (Å²) in [6, 6.07) is 22.4. The molecule has 3 aromatic rings. The molecule has 3 rings (SSSR count). The number of benzene rings is 2. The Bertz CT molecular complexity index is 794. The van der Waals surface area contributed by atoms with E-state index < -0.39 is 0 Å². The number of pyridine rings is 1. The second-order valence-corrected chi connectivity index (χ2v) is 5.81. The molecule has 0 N–H and O–H groups in total. The minimum atomic E-state index is -0.161. The van der Waals surface area contributed by atoms with Gasteiger partial charge in [0.2, 0.25) is 5.88 Å². The Hall–Kier alpha value is -2.72. The van der Waals surface area contributed by atoms with Crippen LogP contribution in [0.25, 0.3) is 0 Å². The first kappa shape index (κ1) is 17.1. The predicted octanol–water partition coefficient (Wildman–Crippen LogP) is 5.37. The van der Waals surface area contributed by atoms with Crippen LogP contribution in [0.3, 0.4) is 0 Å². The second-order valence-electron chi connectivity index (χ2n) is 5.42. The number of aromatic nitrogens is 1. The maximum absolute atomic E-state index is 5.84. The van der Waals surface area contributed by atoms with Crippen LogP contribution in [0.4, 0.5) is 0 Å². The van der Waals surface area contributed by atoms with Gasteiger partial charge in [-0.15, -0.1) is 0 Å². The van der Waals surface area contributed by atoms with Gasteiger partial charge in [0.05, 0.1) is 0 Å². The van der Waals surface area contributed by atoms with Gasteiger partial charge in [0.1, 0.15) is 35.1 Å². The normalized spacial score (nSPS) is 11.6. The molecule has 0 fully saturated rings. The molecule has 0 bridgehead atoms. The van der Waals surface area contributed by atoms with Gasteiger partial charge in [0.15, 0.2) is 0 Å². The molecule has 0 amide bonds. The number of nitrogens with zero attached hydrogens (tertiary/aromatic N) is 1. The van der Waals surface area contributed by atoms with Gasteiger partial charge in [0.25, 0.3) is 0 Å². The van der Waals surface area contributed by atoms with Crippen molar-refractivity contribution in [2.75, 3.05) is 6.61 Å². The average molecular weight is 356 g/mol. The summed E-state index contributed by atoms with van der Waals surface area (Å²) in [6.45, 7) is 2.31. The summed E-state index contributed by atoms with van der Waals surface area (Å²) in [7, 11) is 0. The Kier molecular flexibility index (Phi) is 5.75. The highest BCUT2D eigenvalue weighted by Crippen LogP contribution is 2.23. The maximum Gasteiger partial charge on any atom is 0.215 e. The van der Waals surface area contributed by atoms with E-state index in [1.165, 1.54) is 0 Å². The maximum atomic E-state index is 5.84. The highest BCUT2D eigenvalue weighted by Gasteiger charge is 2.07. The molecule has 0 saturated heterocycles. The molecule has 1 unspecified atom stereocenters. The third-order valence-electron chi connectivity index (χ3n) is 3.30. The summed E-state index contributed by atoms with van der Waals surface area (Å²) >= 11 is 5.84. The van der Waals surface area contributed by atoms with Crippen molar-refractivity contribution in [3.63, 3.8) is 0 Å². The van der Waals surface area contributed by atoms with E-state index in [0.29, 0.717) is 17.6 Å². The van der Waals surface area contributed by atoms with Crippen LogP contribution in [-0.2, 0) is 0 Å². The lowest BCUT2D eigenvalue weighted by Gasteiger charge is -2.15. The summed E-state index contributed by atoms with van der Waals surface area (Å²) in [5.41, 5.74) is 0. The molecule has 0 saturated carbocycles. The lowest BCUT2D eigenvalue weighted by Crippen LogP contribution is -2.21. The summed E-state index contributed by atoms with van der Waals surface area (Å²) < 4.78 is 17.2. The fraction of sp³-hybridized carbons (Fsp3) is 0.150. The number of rotatable bonds is 7. The van der Waals surface area contributed by atoms with Crippen molar-refractivity contribution in [2.24, 2.45) is 0 Å². The van der Waals surface area contributed by atoms with Crippen molar-refractivity contribution < 1.29 is 14.2 Å². The Balaban J connectivity index is 1.49. The van der Waals surface area contributed by atoms with Crippen LogP contribution in [-0.4, -0.2) is 17.7 Å². The summed E-state index contributed by atoms with van der Waals surface area (Å²) in [4.78, 5) is 4.09. The molecule has 0 spiro atoms. The zero-order valence-corrected chi connectivity index (χ0v) is 14.5. The van der Waals surface area contributed by atoms with Gasteiger partial charge in [-0.2, -0.15) is 0 Å². The third kappa shape index (κ3) is 5.40. The van der Waals surface area contributed by atoms with Crippen LogP contribution in [0.15, 0.2) is 72.8 Å². The van der Waals surface area contributed by atoms with Crippen molar-refractivity contribution in [1.29, 1.82) is 0 Å². The molecule has 0 radical (unpaired) electrons. The molecular weight excluding hydrogens is 338 g/mol. The summed E-state index contributed by atoms with van der Waals surface area (Å²) in [6.07, 6.45) is -0.161. The average Bonchev–Trinajstić information content (AvgIpc) is 2.62. The van der Waals surface area contributed by atoms with Crippen molar-refractivity contribution in [3.8, 4) is 23.1 Å². The Morgan fingerprint density at radius 1 is 0.840 bits per heavy atom. The minimum absolute atomic E-state index is 0.161. The molecule has 0 aliphatic heterocycles. The van der Waals surface area contributed by atoms with Crippen molar-refractivity contribution in [2.45, 2.75) is 13.0 Å². The summed E-state index contributed by atoms with van der Waals surface area (Å²) in [5, 5.41) is 0.402. The lowest BCUT2D eigenvalue weighted by atomic mass is 10.3. The van der Waals surface area contributed by atoms with Crippen LogP contribution in [0.2, 0.25) is 5.15 Å². The molecule has 25 heavy (non-hydrogen) atoms. The van der Waals surface area contributed by atoms with Crippen LogP contribution in [0.1, 0.15) is 6.92 Å². The van der Waals surface area contributed by atoms with E-state index in [9.17, 15) is 0 Å². The molecule has 4 nitrogen and oxygen atoms in total. The monoisotopic (exact) mass is 355 g/mol. The van der Waals surface area contributed by atoms with Crippen LogP contribution < -0.4 is 14.2 Å². The Morgan fingerprint density at radius 3 is 2.24 bits per heavy atom. The molecule has 0 aliphatic rings. The zero-order valence-electron chi connectivity index (χ0n) is 13.8. The Morgan fingerprint density at radius 2 is 1.52 bits per heavy atom. The fourth-order valence-corrected chi connectivity index (χ4v) is 2.29. The number of hydrogen-bond donors (Lipinski definition) is 0. The van der Waals surface area contributed by atoms with Gasteiger partial charge in [-0.05, 0) is 49.4 Å². The highest BCUT2D eigenvalue weighted by atomic mass is 35.5. The van der Waals surface area contributed by atoms with Gasteiger partial charge in [0, 0.05) is 6.07 Å². The van der Waals surface area contributed by atoms with E-state index >= 15 is 0 Å². The first-order valence-electron chi connectivity index (χ1n) is 7.94. The minimum Gasteiger partial charge on any atom is -0.490 e. The van der Waals surface area contributed by atoms with E-state index in [1.807, 2.05) is 61.5 Å². The van der Waals surface area contributed by atoms with E-state index in [2.05, 4.69) is 4.98 Å². The quantitative estimate of drug-likeness (QED) is 0.534. The van der Waals surface area contributed by atoms with Crippen LogP contribution >= 0.6 is 11.6 Å². The van der Waals surface area contributed by atoms with Gasteiger partial charge in [-0.25, -0.2) is 4.98 Å². The molecule has 1 atom stereocenters. The molecule has 2 aromatic carbocycles. The third-order valence-corrected chi connectivity index (χ3v) is 3.51. The van der Waals surface area contributed by atoms with E-state index in [4.69, 9.17) is 25.8 Å².